The molecule has 0 saturated heterocycles. The van der Waals surface area contributed by atoms with Crippen molar-refractivity contribution < 1.29 is 19.7 Å². The Hall–Kier alpha value is -1.39. The molecule has 0 fully saturated rings. The van der Waals surface area contributed by atoms with Gasteiger partial charge in [0.2, 0.25) is 0 Å². The fraction of sp³-hybridized carbons (Fsp3) is 0.417. The highest BCUT2D eigenvalue weighted by atomic mass is 16.5. The third-order valence-corrected chi connectivity index (χ3v) is 2.35. The lowest BCUT2D eigenvalue weighted by Crippen LogP contribution is -2.23. The SMILES string of the molecule is CCOC(=O)c1ccc(C(O)(O)CC)cc1. The largest absolute Gasteiger partial charge is 0.462 e. The first-order valence-corrected chi connectivity index (χ1v) is 5.23. The molecule has 0 aliphatic rings. The predicted molar refractivity (Wildman–Crippen MR) is 58.8 cm³/mol. The maximum Gasteiger partial charge on any atom is 0.338 e. The van der Waals surface area contributed by atoms with Crippen LogP contribution < -0.4 is 0 Å². The Kier molecular flexibility index (Phi) is 4.04. The second kappa shape index (κ2) is 5.09. The van der Waals surface area contributed by atoms with E-state index < -0.39 is 11.8 Å². The predicted octanol–water partition coefficient (Wildman–Crippen LogP) is 1.41. The van der Waals surface area contributed by atoms with Crippen LogP contribution in [-0.2, 0) is 10.5 Å². The van der Waals surface area contributed by atoms with Crippen LogP contribution in [0, 0.1) is 0 Å². The molecule has 0 heterocycles. The summed E-state index contributed by atoms with van der Waals surface area (Å²) < 4.78 is 4.82. The van der Waals surface area contributed by atoms with Gasteiger partial charge in [-0.2, -0.15) is 0 Å². The lowest BCUT2D eigenvalue weighted by molar-refractivity contribution is -0.171. The summed E-state index contributed by atoms with van der Waals surface area (Å²) in [7, 11) is 0. The van der Waals surface area contributed by atoms with Crippen molar-refractivity contribution in [1.82, 2.24) is 0 Å². The summed E-state index contributed by atoms with van der Waals surface area (Å²) >= 11 is 0. The Balaban J connectivity index is 2.87. The zero-order valence-electron chi connectivity index (χ0n) is 9.43. The molecule has 0 aliphatic carbocycles. The zero-order valence-corrected chi connectivity index (χ0v) is 9.43. The number of hydrogen-bond donors (Lipinski definition) is 2. The van der Waals surface area contributed by atoms with E-state index in [-0.39, 0.29) is 6.42 Å². The van der Waals surface area contributed by atoms with Gasteiger partial charge in [0.1, 0.15) is 0 Å². The van der Waals surface area contributed by atoms with Crippen LogP contribution in [0.4, 0.5) is 0 Å². The van der Waals surface area contributed by atoms with Crippen LogP contribution in [-0.4, -0.2) is 22.8 Å². The summed E-state index contributed by atoms with van der Waals surface area (Å²) in [6, 6.07) is 6.06. The van der Waals surface area contributed by atoms with Gasteiger partial charge in [0.15, 0.2) is 5.79 Å². The van der Waals surface area contributed by atoms with Gasteiger partial charge in [-0.3, -0.25) is 0 Å². The lowest BCUT2D eigenvalue weighted by atomic mass is 10.0. The Morgan fingerprint density at radius 1 is 1.25 bits per heavy atom. The van der Waals surface area contributed by atoms with Crippen LogP contribution in [0.5, 0.6) is 0 Å². The van der Waals surface area contributed by atoms with E-state index in [1.54, 1.807) is 13.8 Å². The van der Waals surface area contributed by atoms with Crippen LogP contribution in [0.2, 0.25) is 0 Å². The monoisotopic (exact) mass is 224 g/mol. The van der Waals surface area contributed by atoms with Crippen molar-refractivity contribution in [2.75, 3.05) is 6.61 Å². The average molecular weight is 224 g/mol. The summed E-state index contributed by atoms with van der Waals surface area (Å²) in [4.78, 5) is 11.3. The lowest BCUT2D eigenvalue weighted by Gasteiger charge is -2.20. The van der Waals surface area contributed by atoms with Crippen molar-refractivity contribution in [3.63, 3.8) is 0 Å². The van der Waals surface area contributed by atoms with Gasteiger partial charge in [-0.1, -0.05) is 19.1 Å². The van der Waals surface area contributed by atoms with E-state index in [2.05, 4.69) is 0 Å². The smallest absolute Gasteiger partial charge is 0.338 e. The maximum atomic E-state index is 11.3. The van der Waals surface area contributed by atoms with Gasteiger partial charge in [0.25, 0.3) is 0 Å². The summed E-state index contributed by atoms with van der Waals surface area (Å²) in [5.74, 6) is -2.25. The molecule has 0 radical (unpaired) electrons. The van der Waals surface area contributed by atoms with Gasteiger partial charge in [-0.15, -0.1) is 0 Å². The number of carbonyl (C=O) groups excluding carboxylic acids is 1. The van der Waals surface area contributed by atoms with Crippen LogP contribution >= 0.6 is 0 Å². The molecule has 4 nitrogen and oxygen atoms in total. The standard InChI is InChI=1S/C12H16O4/c1-3-12(14,15)10-7-5-9(6-8-10)11(13)16-4-2/h5-8,14-15H,3-4H2,1-2H3. The van der Waals surface area contributed by atoms with Crippen LogP contribution in [0.15, 0.2) is 24.3 Å². The molecule has 0 aromatic heterocycles. The molecule has 16 heavy (non-hydrogen) atoms. The van der Waals surface area contributed by atoms with Crippen molar-refractivity contribution in [1.29, 1.82) is 0 Å². The molecule has 0 spiro atoms. The van der Waals surface area contributed by atoms with Crippen molar-refractivity contribution in [3.8, 4) is 0 Å². The molecule has 4 heteroatoms. The van der Waals surface area contributed by atoms with Crippen molar-refractivity contribution >= 4 is 5.97 Å². The van der Waals surface area contributed by atoms with Gasteiger partial charge in [0, 0.05) is 12.0 Å². The number of esters is 1. The molecule has 0 amide bonds. The van der Waals surface area contributed by atoms with Gasteiger partial charge >= 0.3 is 5.97 Å². The Labute approximate surface area is 94.5 Å². The molecular formula is C12H16O4. The third kappa shape index (κ3) is 2.81. The first kappa shape index (κ1) is 12.7. The topological polar surface area (TPSA) is 66.8 Å². The van der Waals surface area contributed by atoms with E-state index in [1.807, 2.05) is 0 Å². The van der Waals surface area contributed by atoms with E-state index in [0.29, 0.717) is 17.7 Å². The maximum absolute atomic E-state index is 11.3. The van der Waals surface area contributed by atoms with E-state index >= 15 is 0 Å². The van der Waals surface area contributed by atoms with E-state index in [0.717, 1.165) is 0 Å². The number of hydrogen-bond acceptors (Lipinski definition) is 4. The van der Waals surface area contributed by atoms with Crippen molar-refractivity contribution in [2.45, 2.75) is 26.1 Å². The minimum absolute atomic E-state index is 0.186. The average Bonchev–Trinajstić information content (AvgIpc) is 2.29. The molecule has 88 valence electrons. The fourth-order valence-electron chi connectivity index (χ4n) is 1.29. The Morgan fingerprint density at radius 2 is 1.81 bits per heavy atom. The van der Waals surface area contributed by atoms with Crippen molar-refractivity contribution in [3.05, 3.63) is 35.4 Å². The number of carbonyl (C=O) groups is 1. The van der Waals surface area contributed by atoms with E-state index in [1.165, 1.54) is 24.3 Å². The van der Waals surface area contributed by atoms with Gasteiger partial charge in [0.05, 0.1) is 12.2 Å². The van der Waals surface area contributed by atoms with Crippen LogP contribution in [0.3, 0.4) is 0 Å². The highest BCUT2D eigenvalue weighted by molar-refractivity contribution is 5.89. The zero-order chi connectivity index (χ0) is 12.2. The molecule has 0 saturated carbocycles. The molecule has 0 unspecified atom stereocenters. The van der Waals surface area contributed by atoms with Gasteiger partial charge in [-0.05, 0) is 19.1 Å². The van der Waals surface area contributed by atoms with E-state index in [9.17, 15) is 15.0 Å². The third-order valence-electron chi connectivity index (χ3n) is 2.35. The summed E-state index contributed by atoms with van der Waals surface area (Å²) in [5.41, 5.74) is 0.764. The minimum atomic E-state index is -1.84. The molecule has 0 atom stereocenters. The Morgan fingerprint density at radius 3 is 2.25 bits per heavy atom. The minimum Gasteiger partial charge on any atom is -0.462 e. The number of benzene rings is 1. The second-order valence-electron chi connectivity index (χ2n) is 3.47. The molecular weight excluding hydrogens is 208 g/mol. The summed E-state index contributed by atoms with van der Waals surface area (Å²) in [5, 5.41) is 19.1. The second-order valence-corrected chi connectivity index (χ2v) is 3.47. The molecule has 2 N–H and O–H groups in total. The Bertz CT molecular complexity index is 354. The molecule has 1 rings (SSSR count). The number of aliphatic hydroxyl groups is 2. The molecule has 0 bridgehead atoms. The van der Waals surface area contributed by atoms with Crippen molar-refractivity contribution in [2.24, 2.45) is 0 Å². The van der Waals surface area contributed by atoms with Gasteiger partial charge in [-0.25, -0.2) is 4.79 Å². The normalized spacial score (nSPS) is 11.2. The summed E-state index contributed by atoms with van der Waals surface area (Å²) in [6.07, 6.45) is 0.186. The fourth-order valence-corrected chi connectivity index (χ4v) is 1.29. The highest BCUT2D eigenvalue weighted by Gasteiger charge is 2.23. The molecule has 0 aliphatic heterocycles. The summed E-state index contributed by atoms with van der Waals surface area (Å²) in [6.45, 7) is 3.72. The highest BCUT2D eigenvalue weighted by Crippen LogP contribution is 2.21. The number of ether oxygens (including phenoxy) is 1. The van der Waals surface area contributed by atoms with Crippen LogP contribution in [0.1, 0.15) is 36.2 Å². The van der Waals surface area contributed by atoms with Gasteiger partial charge < -0.3 is 14.9 Å². The molecule has 1 aromatic carbocycles. The number of rotatable bonds is 4. The van der Waals surface area contributed by atoms with Crippen LogP contribution in [0.25, 0.3) is 0 Å². The quantitative estimate of drug-likeness (QED) is 0.599. The van der Waals surface area contributed by atoms with E-state index in [4.69, 9.17) is 4.74 Å². The first-order chi connectivity index (χ1) is 7.51. The molecule has 1 aromatic rings. The first-order valence-electron chi connectivity index (χ1n) is 5.23.